The Morgan fingerprint density at radius 1 is 1.47 bits per heavy atom. The molecule has 1 aromatic carbocycles. The zero-order valence-electron chi connectivity index (χ0n) is 9.30. The summed E-state index contributed by atoms with van der Waals surface area (Å²) < 4.78 is 5.93. The standard InChI is InChI=1S/C12H14BrClN2O/c13-12(15)9-7-8(14)4-5-10(9)16-11-3-1-2-6-17-11/h4-5,7,11,15-16H,1-3,6H2. The van der Waals surface area contributed by atoms with Crippen molar-refractivity contribution >= 4 is 37.8 Å². The number of hydrogen-bond acceptors (Lipinski definition) is 3. The van der Waals surface area contributed by atoms with Crippen LogP contribution in [0.3, 0.4) is 0 Å². The van der Waals surface area contributed by atoms with Crippen molar-refractivity contribution in [1.29, 1.82) is 5.41 Å². The molecule has 1 aromatic rings. The van der Waals surface area contributed by atoms with Crippen molar-refractivity contribution in [3.05, 3.63) is 28.8 Å². The molecule has 1 aliphatic rings. The van der Waals surface area contributed by atoms with E-state index in [1.807, 2.05) is 12.1 Å². The van der Waals surface area contributed by atoms with Gasteiger partial charge < -0.3 is 10.1 Å². The van der Waals surface area contributed by atoms with Crippen molar-refractivity contribution in [3.63, 3.8) is 0 Å². The van der Waals surface area contributed by atoms with Gasteiger partial charge in [-0.2, -0.15) is 0 Å². The molecule has 1 atom stereocenters. The van der Waals surface area contributed by atoms with Gasteiger partial charge in [0, 0.05) is 22.9 Å². The highest BCUT2D eigenvalue weighted by Gasteiger charge is 2.15. The quantitative estimate of drug-likeness (QED) is 0.828. The molecular weight excluding hydrogens is 304 g/mol. The van der Waals surface area contributed by atoms with E-state index in [0.717, 1.165) is 30.7 Å². The van der Waals surface area contributed by atoms with E-state index < -0.39 is 0 Å². The van der Waals surface area contributed by atoms with Crippen LogP contribution < -0.4 is 5.32 Å². The van der Waals surface area contributed by atoms with E-state index in [1.54, 1.807) is 6.07 Å². The van der Waals surface area contributed by atoms with E-state index in [4.69, 9.17) is 21.7 Å². The summed E-state index contributed by atoms with van der Waals surface area (Å²) in [4.78, 5) is 0. The second kappa shape index (κ2) is 5.85. The molecule has 0 amide bonds. The smallest absolute Gasteiger partial charge is 0.127 e. The van der Waals surface area contributed by atoms with Crippen LogP contribution in [0.15, 0.2) is 18.2 Å². The highest BCUT2D eigenvalue weighted by Crippen LogP contribution is 2.25. The minimum Gasteiger partial charge on any atom is -0.360 e. The molecule has 0 saturated carbocycles. The lowest BCUT2D eigenvalue weighted by atomic mass is 10.1. The summed E-state index contributed by atoms with van der Waals surface area (Å²) in [5, 5.41) is 11.6. The molecule has 0 spiro atoms. The summed E-state index contributed by atoms with van der Waals surface area (Å²) >= 11 is 9.10. The predicted octanol–water partition coefficient (Wildman–Crippen LogP) is 4.00. The van der Waals surface area contributed by atoms with Gasteiger partial charge in [-0.1, -0.05) is 11.6 Å². The predicted molar refractivity (Wildman–Crippen MR) is 74.4 cm³/mol. The molecular formula is C12H14BrClN2O. The van der Waals surface area contributed by atoms with Crippen LogP contribution >= 0.6 is 27.5 Å². The molecule has 3 nitrogen and oxygen atoms in total. The van der Waals surface area contributed by atoms with Crippen molar-refractivity contribution in [1.82, 2.24) is 0 Å². The molecule has 1 saturated heterocycles. The second-order valence-electron chi connectivity index (χ2n) is 4.00. The third-order valence-corrected chi connectivity index (χ3v) is 3.38. The van der Waals surface area contributed by atoms with Crippen LogP contribution in [0.2, 0.25) is 5.02 Å². The number of hydrogen-bond donors (Lipinski definition) is 2. The van der Waals surface area contributed by atoms with Crippen molar-refractivity contribution in [2.24, 2.45) is 0 Å². The molecule has 92 valence electrons. The third-order valence-electron chi connectivity index (χ3n) is 2.71. The van der Waals surface area contributed by atoms with Gasteiger partial charge in [-0.25, -0.2) is 0 Å². The zero-order chi connectivity index (χ0) is 12.3. The van der Waals surface area contributed by atoms with Crippen LogP contribution in [0.5, 0.6) is 0 Å². The van der Waals surface area contributed by atoms with E-state index in [-0.39, 0.29) is 6.23 Å². The molecule has 0 bridgehead atoms. The molecule has 2 N–H and O–H groups in total. The van der Waals surface area contributed by atoms with E-state index >= 15 is 0 Å². The average molecular weight is 318 g/mol. The van der Waals surface area contributed by atoms with Crippen LogP contribution in [0.1, 0.15) is 24.8 Å². The lowest BCUT2D eigenvalue weighted by Gasteiger charge is -2.25. The Bertz CT molecular complexity index is 419. The molecule has 17 heavy (non-hydrogen) atoms. The largest absolute Gasteiger partial charge is 0.360 e. The molecule has 1 heterocycles. The van der Waals surface area contributed by atoms with Crippen LogP contribution in [-0.2, 0) is 4.74 Å². The van der Waals surface area contributed by atoms with Gasteiger partial charge in [0.2, 0.25) is 0 Å². The van der Waals surface area contributed by atoms with Gasteiger partial charge in [0.25, 0.3) is 0 Å². The maximum atomic E-state index is 7.67. The SMILES string of the molecule is N=C(Br)c1cc(Cl)ccc1NC1CCCCO1. The average Bonchev–Trinajstić information content (AvgIpc) is 2.32. The van der Waals surface area contributed by atoms with E-state index in [2.05, 4.69) is 21.2 Å². The molecule has 1 fully saturated rings. The van der Waals surface area contributed by atoms with Gasteiger partial charge in [0.05, 0.1) is 0 Å². The number of rotatable bonds is 3. The number of nitrogens with one attached hydrogen (secondary N) is 2. The van der Waals surface area contributed by atoms with Crippen LogP contribution in [-0.4, -0.2) is 17.5 Å². The highest BCUT2D eigenvalue weighted by molar-refractivity contribution is 9.18. The first-order valence-electron chi connectivity index (χ1n) is 5.59. The number of halogens is 2. The summed E-state index contributed by atoms with van der Waals surface area (Å²) in [6, 6.07) is 5.46. The highest BCUT2D eigenvalue weighted by atomic mass is 79.9. The number of ether oxygens (including phenoxy) is 1. The summed E-state index contributed by atoms with van der Waals surface area (Å²) in [7, 11) is 0. The van der Waals surface area contributed by atoms with Crippen LogP contribution in [0.25, 0.3) is 0 Å². The van der Waals surface area contributed by atoms with E-state index in [9.17, 15) is 0 Å². The lowest BCUT2D eigenvalue weighted by Crippen LogP contribution is -2.27. The normalized spacial score (nSPS) is 20.0. The van der Waals surface area contributed by atoms with Crippen molar-refractivity contribution in [2.75, 3.05) is 11.9 Å². The third kappa shape index (κ3) is 3.44. The van der Waals surface area contributed by atoms with Crippen LogP contribution in [0.4, 0.5) is 5.69 Å². The topological polar surface area (TPSA) is 45.1 Å². The molecule has 0 radical (unpaired) electrons. The van der Waals surface area contributed by atoms with E-state index in [1.165, 1.54) is 6.42 Å². The first-order chi connectivity index (χ1) is 8.16. The minimum absolute atomic E-state index is 0.0375. The van der Waals surface area contributed by atoms with Gasteiger partial charge >= 0.3 is 0 Å². The maximum absolute atomic E-state index is 7.67. The summed E-state index contributed by atoms with van der Waals surface area (Å²) in [6.45, 7) is 0.798. The lowest BCUT2D eigenvalue weighted by molar-refractivity contribution is 0.0343. The van der Waals surface area contributed by atoms with Gasteiger partial charge in [-0.3, -0.25) is 5.41 Å². The maximum Gasteiger partial charge on any atom is 0.127 e. The van der Waals surface area contributed by atoms with Gasteiger partial charge in [-0.05, 0) is 53.4 Å². The first-order valence-corrected chi connectivity index (χ1v) is 6.76. The first kappa shape index (κ1) is 12.9. The Balaban J connectivity index is 2.16. The Kier molecular flexibility index (Phi) is 4.42. The Hall–Kier alpha value is -0.580. The Morgan fingerprint density at radius 2 is 2.29 bits per heavy atom. The molecule has 2 rings (SSSR count). The van der Waals surface area contributed by atoms with Crippen molar-refractivity contribution in [3.8, 4) is 0 Å². The monoisotopic (exact) mass is 316 g/mol. The number of benzene rings is 1. The van der Waals surface area contributed by atoms with Gasteiger partial charge in [0.15, 0.2) is 0 Å². The molecule has 1 aliphatic heterocycles. The van der Waals surface area contributed by atoms with E-state index in [0.29, 0.717) is 9.64 Å². The summed E-state index contributed by atoms with van der Waals surface area (Å²) in [5.41, 5.74) is 1.63. The molecule has 1 unspecified atom stereocenters. The fourth-order valence-electron chi connectivity index (χ4n) is 1.85. The molecule has 0 aromatic heterocycles. The summed E-state index contributed by atoms with van der Waals surface area (Å²) in [5.74, 6) is 0. The van der Waals surface area contributed by atoms with Crippen molar-refractivity contribution in [2.45, 2.75) is 25.5 Å². The summed E-state index contributed by atoms with van der Waals surface area (Å²) in [6.07, 6.45) is 3.33. The fraction of sp³-hybridized carbons (Fsp3) is 0.417. The Labute approximate surface area is 114 Å². The second-order valence-corrected chi connectivity index (χ2v) is 5.23. The Morgan fingerprint density at radius 3 is 2.94 bits per heavy atom. The minimum atomic E-state index is 0.0375. The zero-order valence-corrected chi connectivity index (χ0v) is 11.6. The molecule has 5 heteroatoms. The van der Waals surface area contributed by atoms with Gasteiger partial charge in [0.1, 0.15) is 10.8 Å². The number of anilines is 1. The van der Waals surface area contributed by atoms with Gasteiger partial charge in [-0.15, -0.1) is 0 Å². The fourth-order valence-corrected chi connectivity index (χ4v) is 2.35. The molecule has 0 aliphatic carbocycles. The van der Waals surface area contributed by atoms with Crippen molar-refractivity contribution < 1.29 is 4.74 Å². The van der Waals surface area contributed by atoms with Crippen LogP contribution in [0, 0.1) is 5.41 Å².